The molecule has 1 aromatic carbocycles. The number of benzene rings is 1. The van der Waals surface area contributed by atoms with Crippen LogP contribution in [0, 0.1) is 0 Å². The topological polar surface area (TPSA) is 75.9 Å². The average Bonchev–Trinajstić information content (AvgIpc) is 2.68. The van der Waals surface area contributed by atoms with Gasteiger partial charge in [-0.25, -0.2) is 0 Å². The Morgan fingerprint density at radius 2 is 1.75 bits per heavy atom. The molecule has 0 radical (unpaired) electrons. The van der Waals surface area contributed by atoms with Crippen molar-refractivity contribution in [1.82, 2.24) is 9.80 Å². The first-order valence-electron chi connectivity index (χ1n) is 9.75. The first-order valence-corrected chi connectivity index (χ1v) is 10.1. The molecule has 2 saturated heterocycles. The molecular formula is C20H29Cl2N3O3. The van der Waals surface area contributed by atoms with Crippen LogP contribution in [0.3, 0.4) is 0 Å². The van der Waals surface area contributed by atoms with E-state index in [1.807, 2.05) is 4.90 Å². The van der Waals surface area contributed by atoms with Crippen LogP contribution >= 0.6 is 24.0 Å². The van der Waals surface area contributed by atoms with Crippen molar-refractivity contribution in [1.29, 1.82) is 0 Å². The van der Waals surface area contributed by atoms with E-state index in [9.17, 15) is 9.59 Å². The molecule has 2 aliphatic heterocycles. The third kappa shape index (κ3) is 5.52. The summed E-state index contributed by atoms with van der Waals surface area (Å²) >= 11 is 6.15. The molecule has 2 N–H and O–H groups in total. The van der Waals surface area contributed by atoms with Crippen molar-refractivity contribution in [2.24, 2.45) is 5.73 Å². The SMILES string of the molecule is C[C@@H](N)C(=O)N1CCC(Oc2cc(Cl)ccc2C(=O)N2CCCCC2)CC1.Cl. The Morgan fingerprint density at radius 1 is 1.11 bits per heavy atom. The summed E-state index contributed by atoms with van der Waals surface area (Å²) in [6, 6.07) is 4.72. The highest BCUT2D eigenvalue weighted by molar-refractivity contribution is 6.30. The van der Waals surface area contributed by atoms with Crippen LogP contribution in [-0.2, 0) is 4.79 Å². The Hall–Kier alpha value is -1.50. The maximum absolute atomic E-state index is 12.9. The minimum atomic E-state index is -0.482. The van der Waals surface area contributed by atoms with Crippen molar-refractivity contribution in [3.63, 3.8) is 0 Å². The lowest BCUT2D eigenvalue weighted by Gasteiger charge is -2.33. The van der Waals surface area contributed by atoms with Crippen LogP contribution < -0.4 is 10.5 Å². The monoisotopic (exact) mass is 429 g/mol. The number of carbonyl (C=O) groups is 2. The minimum Gasteiger partial charge on any atom is -0.489 e. The smallest absolute Gasteiger partial charge is 0.257 e. The molecule has 0 spiro atoms. The van der Waals surface area contributed by atoms with Crippen LogP contribution in [-0.4, -0.2) is 59.9 Å². The number of ether oxygens (including phenoxy) is 1. The summed E-state index contributed by atoms with van der Waals surface area (Å²) in [7, 11) is 0. The maximum atomic E-state index is 12.9. The molecule has 3 rings (SSSR count). The van der Waals surface area contributed by atoms with Crippen LogP contribution in [0.1, 0.15) is 49.4 Å². The van der Waals surface area contributed by atoms with Crippen LogP contribution in [0.25, 0.3) is 0 Å². The molecule has 6 nitrogen and oxygen atoms in total. The second-order valence-electron chi connectivity index (χ2n) is 7.42. The molecular weight excluding hydrogens is 401 g/mol. The fourth-order valence-corrected chi connectivity index (χ4v) is 3.86. The zero-order valence-corrected chi connectivity index (χ0v) is 17.8. The van der Waals surface area contributed by atoms with Crippen LogP contribution in [0.4, 0.5) is 0 Å². The van der Waals surface area contributed by atoms with E-state index in [-0.39, 0.29) is 30.3 Å². The molecule has 0 bridgehead atoms. The van der Waals surface area contributed by atoms with Gasteiger partial charge in [-0.3, -0.25) is 9.59 Å². The number of piperidine rings is 2. The number of hydrogen-bond donors (Lipinski definition) is 1. The van der Waals surface area contributed by atoms with Gasteiger partial charge >= 0.3 is 0 Å². The largest absolute Gasteiger partial charge is 0.489 e. The second-order valence-corrected chi connectivity index (χ2v) is 7.86. The predicted molar refractivity (Wildman–Crippen MR) is 112 cm³/mol. The standard InChI is InChI=1S/C20H28ClN3O3.ClH/c1-14(22)19(25)24-11-7-16(8-12-24)27-18-13-15(21)5-6-17(18)20(26)23-9-3-2-4-10-23;/h5-6,13-14,16H,2-4,7-12,22H2,1H3;1H/t14-;/m1./s1. The van der Waals surface area contributed by atoms with Gasteiger partial charge in [-0.05, 0) is 44.4 Å². The molecule has 1 aromatic rings. The molecule has 8 heteroatoms. The fourth-order valence-electron chi connectivity index (χ4n) is 3.70. The number of nitrogens with two attached hydrogens (primary N) is 1. The number of rotatable bonds is 4. The zero-order chi connectivity index (χ0) is 19.4. The minimum absolute atomic E-state index is 0. The van der Waals surface area contributed by atoms with Crippen molar-refractivity contribution in [3.05, 3.63) is 28.8 Å². The van der Waals surface area contributed by atoms with E-state index < -0.39 is 6.04 Å². The highest BCUT2D eigenvalue weighted by Crippen LogP contribution is 2.28. The summed E-state index contributed by atoms with van der Waals surface area (Å²) in [5.74, 6) is 0.512. The number of carbonyl (C=O) groups excluding carboxylic acids is 2. The lowest BCUT2D eigenvalue weighted by molar-refractivity contribution is -0.133. The van der Waals surface area contributed by atoms with Crippen LogP contribution in [0.5, 0.6) is 5.75 Å². The van der Waals surface area contributed by atoms with Gasteiger partial charge in [-0.2, -0.15) is 0 Å². The van der Waals surface area contributed by atoms with Crippen LogP contribution in [0.2, 0.25) is 5.02 Å². The molecule has 2 amide bonds. The number of halogens is 2. The molecule has 0 aliphatic carbocycles. The summed E-state index contributed by atoms with van der Waals surface area (Å²) in [5.41, 5.74) is 6.25. The van der Waals surface area contributed by atoms with E-state index >= 15 is 0 Å². The summed E-state index contributed by atoms with van der Waals surface area (Å²) < 4.78 is 6.17. The third-order valence-corrected chi connectivity index (χ3v) is 5.49. The lowest BCUT2D eigenvalue weighted by atomic mass is 10.1. The van der Waals surface area contributed by atoms with Gasteiger partial charge in [0.1, 0.15) is 11.9 Å². The van der Waals surface area contributed by atoms with E-state index in [0.717, 1.165) is 25.9 Å². The number of amides is 2. The van der Waals surface area contributed by atoms with E-state index in [4.69, 9.17) is 22.1 Å². The molecule has 2 fully saturated rings. The van der Waals surface area contributed by atoms with Gasteiger partial charge in [0.25, 0.3) is 5.91 Å². The number of likely N-dealkylation sites (tertiary alicyclic amines) is 2. The average molecular weight is 430 g/mol. The Morgan fingerprint density at radius 3 is 2.36 bits per heavy atom. The summed E-state index contributed by atoms with van der Waals surface area (Å²) in [6.45, 7) is 4.51. The van der Waals surface area contributed by atoms with Crippen molar-refractivity contribution in [3.8, 4) is 5.75 Å². The van der Waals surface area contributed by atoms with Gasteiger partial charge in [-0.15, -0.1) is 12.4 Å². The van der Waals surface area contributed by atoms with E-state index in [1.165, 1.54) is 6.42 Å². The van der Waals surface area contributed by atoms with Gasteiger partial charge in [-0.1, -0.05) is 11.6 Å². The zero-order valence-electron chi connectivity index (χ0n) is 16.2. The molecule has 0 saturated carbocycles. The Balaban J connectivity index is 0.00000280. The van der Waals surface area contributed by atoms with Gasteiger partial charge in [0.2, 0.25) is 5.91 Å². The van der Waals surface area contributed by atoms with Crippen molar-refractivity contribution >= 4 is 35.8 Å². The third-order valence-electron chi connectivity index (χ3n) is 5.25. The molecule has 156 valence electrons. The van der Waals surface area contributed by atoms with Gasteiger partial charge in [0.05, 0.1) is 11.6 Å². The van der Waals surface area contributed by atoms with Gasteiger partial charge in [0, 0.05) is 44.0 Å². The molecule has 0 unspecified atom stereocenters. The summed E-state index contributed by atoms with van der Waals surface area (Å²) in [6.07, 6.45) is 4.63. The first kappa shape index (κ1) is 22.8. The van der Waals surface area contributed by atoms with Crippen molar-refractivity contribution in [2.75, 3.05) is 26.2 Å². The second kappa shape index (κ2) is 10.3. The van der Waals surface area contributed by atoms with Gasteiger partial charge < -0.3 is 20.3 Å². The quantitative estimate of drug-likeness (QED) is 0.797. The first-order chi connectivity index (χ1) is 13.0. The Kier molecular flexibility index (Phi) is 8.40. The summed E-state index contributed by atoms with van der Waals surface area (Å²) in [4.78, 5) is 28.6. The molecule has 2 aliphatic rings. The maximum Gasteiger partial charge on any atom is 0.257 e. The van der Waals surface area contributed by atoms with Crippen molar-refractivity contribution < 1.29 is 14.3 Å². The van der Waals surface area contributed by atoms with E-state index in [0.29, 0.717) is 42.3 Å². The Labute approximate surface area is 177 Å². The normalized spacial score (nSPS) is 19.0. The van der Waals surface area contributed by atoms with Gasteiger partial charge in [0.15, 0.2) is 0 Å². The van der Waals surface area contributed by atoms with Crippen molar-refractivity contribution in [2.45, 2.75) is 51.2 Å². The Bertz CT molecular complexity index is 685. The number of nitrogens with zero attached hydrogens (tertiary/aromatic N) is 2. The highest BCUT2D eigenvalue weighted by atomic mass is 35.5. The fraction of sp³-hybridized carbons (Fsp3) is 0.600. The molecule has 1 atom stereocenters. The molecule has 2 heterocycles. The highest BCUT2D eigenvalue weighted by Gasteiger charge is 2.27. The van der Waals surface area contributed by atoms with E-state index in [2.05, 4.69) is 0 Å². The number of hydrogen-bond acceptors (Lipinski definition) is 4. The van der Waals surface area contributed by atoms with Crippen LogP contribution in [0.15, 0.2) is 18.2 Å². The predicted octanol–water partition coefficient (Wildman–Crippen LogP) is 3.10. The van der Waals surface area contributed by atoms with E-state index in [1.54, 1.807) is 30.0 Å². The summed E-state index contributed by atoms with van der Waals surface area (Å²) in [5, 5.41) is 0.546. The lowest BCUT2D eigenvalue weighted by Crippen LogP contribution is -2.47. The molecule has 0 aromatic heterocycles. The molecule has 28 heavy (non-hydrogen) atoms.